The lowest BCUT2D eigenvalue weighted by atomic mass is 10.3. The summed E-state index contributed by atoms with van der Waals surface area (Å²) in [5, 5.41) is 3.20. The summed E-state index contributed by atoms with van der Waals surface area (Å²) in [6.07, 6.45) is 0.650. The Balaban J connectivity index is 2.40. The van der Waals surface area contributed by atoms with E-state index in [9.17, 15) is 9.00 Å². The van der Waals surface area contributed by atoms with Crippen molar-refractivity contribution in [2.45, 2.75) is 19.4 Å². The number of nitrogens with one attached hydrogen (secondary N) is 1. The maximum Gasteiger partial charge on any atom is 0.236 e. The smallest absolute Gasteiger partial charge is 0.236 e. The van der Waals surface area contributed by atoms with Gasteiger partial charge in [-0.05, 0) is 31.5 Å². The Kier molecular flexibility index (Phi) is 6.32. The van der Waals surface area contributed by atoms with Crippen molar-refractivity contribution in [2.24, 2.45) is 5.73 Å². The minimum Gasteiger partial charge on any atom is -0.328 e. The van der Waals surface area contributed by atoms with Gasteiger partial charge < -0.3 is 11.1 Å². The van der Waals surface area contributed by atoms with E-state index >= 15 is 0 Å². The van der Waals surface area contributed by atoms with E-state index in [1.165, 1.54) is 0 Å². The Morgan fingerprint density at radius 3 is 2.89 bits per heavy atom. The van der Waals surface area contributed by atoms with Crippen molar-refractivity contribution in [3.05, 3.63) is 29.3 Å². The second-order valence-corrected chi connectivity index (χ2v) is 6.13. The van der Waals surface area contributed by atoms with Crippen LogP contribution in [0.2, 0.25) is 5.02 Å². The van der Waals surface area contributed by atoms with Crippen LogP contribution < -0.4 is 11.1 Å². The average molecular weight is 289 g/mol. The fourth-order valence-corrected chi connectivity index (χ4v) is 2.63. The molecular formula is C12H17ClN2O2S. The molecule has 1 rings (SSSR count). The summed E-state index contributed by atoms with van der Waals surface area (Å²) in [7, 11) is -1.17. The van der Waals surface area contributed by atoms with Crippen LogP contribution in [-0.2, 0) is 15.6 Å². The molecule has 0 bridgehead atoms. The summed E-state index contributed by atoms with van der Waals surface area (Å²) in [5.74, 6) is 0.153. The van der Waals surface area contributed by atoms with E-state index in [4.69, 9.17) is 17.3 Å². The van der Waals surface area contributed by atoms with Crippen molar-refractivity contribution in [1.29, 1.82) is 0 Å². The molecule has 1 amide bonds. The van der Waals surface area contributed by atoms with Gasteiger partial charge in [-0.15, -0.1) is 0 Å². The number of anilines is 1. The summed E-state index contributed by atoms with van der Waals surface area (Å²) < 4.78 is 11.6. The third-order valence-electron chi connectivity index (χ3n) is 2.20. The minimum atomic E-state index is -1.17. The molecule has 2 atom stereocenters. The first-order valence-electron chi connectivity index (χ1n) is 5.63. The lowest BCUT2D eigenvalue weighted by Crippen LogP contribution is -2.23. The van der Waals surface area contributed by atoms with Gasteiger partial charge in [0, 0.05) is 33.3 Å². The Morgan fingerprint density at radius 2 is 2.28 bits per heavy atom. The van der Waals surface area contributed by atoms with Crippen LogP contribution >= 0.6 is 11.6 Å². The number of carbonyl (C=O) groups is 1. The molecular weight excluding hydrogens is 272 g/mol. The van der Waals surface area contributed by atoms with Gasteiger partial charge in [-0.3, -0.25) is 9.00 Å². The maximum absolute atomic E-state index is 11.6. The van der Waals surface area contributed by atoms with Gasteiger partial charge in [-0.25, -0.2) is 0 Å². The highest BCUT2D eigenvalue weighted by molar-refractivity contribution is 7.85. The van der Waals surface area contributed by atoms with Crippen LogP contribution in [0.3, 0.4) is 0 Å². The maximum atomic E-state index is 11.6. The molecule has 4 nitrogen and oxygen atoms in total. The summed E-state index contributed by atoms with van der Waals surface area (Å²) in [6, 6.07) is 6.84. The Bertz CT molecular complexity index is 438. The van der Waals surface area contributed by atoms with Gasteiger partial charge in [0.25, 0.3) is 0 Å². The third kappa shape index (κ3) is 6.14. The van der Waals surface area contributed by atoms with Crippen molar-refractivity contribution in [3.8, 4) is 0 Å². The molecule has 0 heterocycles. The lowest BCUT2D eigenvalue weighted by molar-refractivity contribution is -0.113. The van der Waals surface area contributed by atoms with Crippen LogP contribution in [0, 0.1) is 0 Å². The monoisotopic (exact) mass is 288 g/mol. The second-order valence-electron chi connectivity index (χ2n) is 4.11. The number of benzene rings is 1. The zero-order valence-electron chi connectivity index (χ0n) is 10.2. The predicted molar refractivity (Wildman–Crippen MR) is 76.2 cm³/mol. The molecule has 0 aliphatic carbocycles. The van der Waals surface area contributed by atoms with Gasteiger partial charge in [0.05, 0.1) is 0 Å². The number of hydrogen-bond acceptors (Lipinski definition) is 3. The van der Waals surface area contributed by atoms with E-state index in [0.29, 0.717) is 22.9 Å². The highest BCUT2D eigenvalue weighted by atomic mass is 35.5. The quantitative estimate of drug-likeness (QED) is 0.838. The molecule has 6 heteroatoms. The summed E-state index contributed by atoms with van der Waals surface area (Å²) in [5.41, 5.74) is 6.17. The summed E-state index contributed by atoms with van der Waals surface area (Å²) in [4.78, 5) is 11.6. The molecule has 18 heavy (non-hydrogen) atoms. The van der Waals surface area contributed by atoms with Gasteiger partial charge in [0.15, 0.2) is 0 Å². The number of rotatable bonds is 6. The molecule has 2 unspecified atom stereocenters. The van der Waals surface area contributed by atoms with E-state index in [1.54, 1.807) is 24.3 Å². The number of carbonyl (C=O) groups excluding carboxylic acids is 1. The molecule has 1 aromatic rings. The zero-order valence-corrected chi connectivity index (χ0v) is 11.8. The van der Waals surface area contributed by atoms with Gasteiger partial charge in [-0.2, -0.15) is 0 Å². The van der Waals surface area contributed by atoms with Gasteiger partial charge in [0.1, 0.15) is 5.75 Å². The highest BCUT2D eigenvalue weighted by Crippen LogP contribution is 2.14. The van der Waals surface area contributed by atoms with E-state index in [0.717, 1.165) is 0 Å². The third-order valence-corrected chi connectivity index (χ3v) is 3.71. The molecule has 0 radical (unpaired) electrons. The second kappa shape index (κ2) is 7.51. The molecule has 0 saturated heterocycles. The molecule has 1 aromatic carbocycles. The number of amides is 1. The van der Waals surface area contributed by atoms with Crippen molar-refractivity contribution < 1.29 is 9.00 Å². The average Bonchev–Trinajstić information content (AvgIpc) is 2.26. The van der Waals surface area contributed by atoms with E-state index in [2.05, 4.69) is 5.32 Å². The van der Waals surface area contributed by atoms with E-state index in [-0.39, 0.29) is 17.7 Å². The van der Waals surface area contributed by atoms with E-state index < -0.39 is 10.8 Å². The van der Waals surface area contributed by atoms with Gasteiger partial charge in [-0.1, -0.05) is 17.7 Å². The molecule has 0 fully saturated rings. The Hall–Kier alpha value is -0.910. The number of nitrogens with two attached hydrogens (primary N) is 1. The van der Waals surface area contributed by atoms with Gasteiger partial charge >= 0.3 is 0 Å². The fourth-order valence-electron chi connectivity index (χ4n) is 1.30. The first-order chi connectivity index (χ1) is 8.47. The predicted octanol–water partition coefficient (Wildman–Crippen LogP) is 1.76. The number of halogens is 1. The van der Waals surface area contributed by atoms with Gasteiger partial charge in [0.2, 0.25) is 5.91 Å². The van der Waals surface area contributed by atoms with Crippen LogP contribution in [0.25, 0.3) is 0 Å². The first-order valence-corrected chi connectivity index (χ1v) is 7.50. The Labute approximate surface area is 114 Å². The molecule has 0 saturated carbocycles. The highest BCUT2D eigenvalue weighted by Gasteiger charge is 2.09. The largest absolute Gasteiger partial charge is 0.328 e. The number of hydrogen-bond donors (Lipinski definition) is 2. The van der Waals surface area contributed by atoms with Crippen molar-refractivity contribution in [2.75, 3.05) is 16.8 Å². The topological polar surface area (TPSA) is 72.2 Å². The molecule has 3 N–H and O–H groups in total. The fraction of sp³-hybridized carbons (Fsp3) is 0.417. The zero-order chi connectivity index (χ0) is 13.5. The molecule has 100 valence electrons. The van der Waals surface area contributed by atoms with Crippen molar-refractivity contribution in [3.63, 3.8) is 0 Å². The normalized spacial score (nSPS) is 13.9. The standard InChI is InChI=1S/C12H17ClN2O2S/c1-9(14)5-6-18(17)8-12(16)15-11-4-2-3-10(13)7-11/h2-4,7,9H,5-6,8,14H2,1H3,(H,15,16). The molecule has 0 spiro atoms. The summed E-state index contributed by atoms with van der Waals surface area (Å²) >= 11 is 5.79. The van der Waals surface area contributed by atoms with Crippen LogP contribution in [0.4, 0.5) is 5.69 Å². The van der Waals surface area contributed by atoms with Crippen LogP contribution in [0.1, 0.15) is 13.3 Å². The van der Waals surface area contributed by atoms with Crippen LogP contribution in [0.15, 0.2) is 24.3 Å². The molecule has 0 aliphatic rings. The SMILES string of the molecule is CC(N)CCS(=O)CC(=O)Nc1cccc(Cl)c1. The lowest BCUT2D eigenvalue weighted by Gasteiger charge is -2.07. The van der Waals surface area contributed by atoms with Crippen molar-refractivity contribution >= 4 is 34.0 Å². The van der Waals surface area contributed by atoms with Crippen LogP contribution in [-0.4, -0.2) is 27.7 Å². The Morgan fingerprint density at radius 1 is 1.56 bits per heavy atom. The first kappa shape index (κ1) is 15.1. The van der Waals surface area contributed by atoms with Crippen LogP contribution in [0.5, 0.6) is 0 Å². The van der Waals surface area contributed by atoms with Crippen molar-refractivity contribution in [1.82, 2.24) is 0 Å². The molecule has 0 aromatic heterocycles. The van der Waals surface area contributed by atoms with E-state index in [1.807, 2.05) is 6.92 Å². The molecule has 0 aliphatic heterocycles. The minimum absolute atomic E-state index is 0.00458. The summed E-state index contributed by atoms with van der Waals surface area (Å²) in [6.45, 7) is 1.85.